The van der Waals surface area contributed by atoms with Crippen LogP contribution in [0.2, 0.25) is 0 Å². The highest BCUT2D eigenvalue weighted by Gasteiger charge is 1.95. The van der Waals surface area contributed by atoms with Crippen molar-refractivity contribution >= 4 is 6.21 Å². The van der Waals surface area contributed by atoms with E-state index in [1.807, 2.05) is 6.21 Å². The SMILES string of the molecule is NNCCC1=CCN=C1. The predicted octanol–water partition coefficient (Wildman–Crippen LogP) is -0.149. The van der Waals surface area contributed by atoms with E-state index in [4.69, 9.17) is 5.84 Å². The molecule has 1 heterocycles. The lowest BCUT2D eigenvalue weighted by Crippen LogP contribution is -2.23. The molecule has 0 saturated carbocycles. The monoisotopic (exact) mass is 125 g/mol. The van der Waals surface area contributed by atoms with Crippen LogP contribution >= 0.6 is 0 Å². The van der Waals surface area contributed by atoms with Gasteiger partial charge in [0.1, 0.15) is 0 Å². The lowest BCUT2D eigenvalue weighted by atomic mass is 10.2. The lowest BCUT2D eigenvalue weighted by molar-refractivity contribution is 0.734. The van der Waals surface area contributed by atoms with E-state index in [0.29, 0.717) is 0 Å². The van der Waals surface area contributed by atoms with Crippen molar-refractivity contribution in [3.05, 3.63) is 11.6 Å². The van der Waals surface area contributed by atoms with E-state index in [9.17, 15) is 0 Å². The Labute approximate surface area is 54.6 Å². The minimum absolute atomic E-state index is 0.831. The number of rotatable bonds is 3. The summed E-state index contributed by atoms with van der Waals surface area (Å²) in [6.07, 6.45) is 4.99. The molecule has 1 aliphatic rings. The summed E-state index contributed by atoms with van der Waals surface area (Å²) < 4.78 is 0. The first kappa shape index (κ1) is 6.45. The number of hydrazine groups is 1. The van der Waals surface area contributed by atoms with Gasteiger partial charge in [0.25, 0.3) is 0 Å². The van der Waals surface area contributed by atoms with E-state index in [1.165, 1.54) is 5.57 Å². The van der Waals surface area contributed by atoms with Gasteiger partial charge in [-0.15, -0.1) is 0 Å². The van der Waals surface area contributed by atoms with Crippen LogP contribution in [0.15, 0.2) is 16.6 Å². The summed E-state index contributed by atoms with van der Waals surface area (Å²) in [4.78, 5) is 4.03. The molecule has 0 radical (unpaired) electrons. The largest absolute Gasteiger partial charge is 0.289 e. The van der Waals surface area contributed by atoms with Gasteiger partial charge in [-0.25, -0.2) is 0 Å². The molecule has 0 fully saturated rings. The average molecular weight is 125 g/mol. The van der Waals surface area contributed by atoms with Crippen LogP contribution in [0.3, 0.4) is 0 Å². The highest BCUT2D eigenvalue weighted by atomic mass is 15.2. The molecule has 0 saturated heterocycles. The summed E-state index contributed by atoms with van der Waals surface area (Å²) >= 11 is 0. The van der Waals surface area contributed by atoms with E-state index in [-0.39, 0.29) is 0 Å². The van der Waals surface area contributed by atoms with Crippen LogP contribution in [0.25, 0.3) is 0 Å². The minimum atomic E-state index is 0.831. The molecule has 0 aromatic rings. The van der Waals surface area contributed by atoms with Gasteiger partial charge in [0.05, 0.1) is 6.54 Å². The number of nitrogens with zero attached hydrogens (tertiary/aromatic N) is 1. The highest BCUT2D eigenvalue weighted by Crippen LogP contribution is 2.01. The van der Waals surface area contributed by atoms with Crippen LogP contribution in [-0.4, -0.2) is 19.3 Å². The van der Waals surface area contributed by atoms with Gasteiger partial charge in [0.2, 0.25) is 0 Å². The summed E-state index contributed by atoms with van der Waals surface area (Å²) in [5.74, 6) is 5.08. The zero-order valence-corrected chi connectivity index (χ0v) is 5.30. The number of hydrogen-bond donors (Lipinski definition) is 2. The third-order valence-electron chi connectivity index (χ3n) is 1.27. The maximum absolute atomic E-state index is 5.08. The first-order valence-corrected chi connectivity index (χ1v) is 3.06. The third-order valence-corrected chi connectivity index (χ3v) is 1.27. The van der Waals surface area contributed by atoms with Gasteiger partial charge in [-0.1, -0.05) is 6.08 Å². The van der Waals surface area contributed by atoms with Crippen LogP contribution < -0.4 is 11.3 Å². The zero-order valence-electron chi connectivity index (χ0n) is 5.30. The summed E-state index contributed by atoms with van der Waals surface area (Å²) in [7, 11) is 0. The molecule has 0 bridgehead atoms. The molecule has 50 valence electrons. The number of nitrogens with two attached hydrogens (primary N) is 1. The molecule has 3 nitrogen and oxygen atoms in total. The highest BCUT2D eigenvalue weighted by molar-refractivity contribution is 5.80. The standard InChI is InChI=1S/C6H11N3/c7-9-4-2-6-1-3-8-5-6/h1,5,9H,2-4,7H2. The molecule has 0 unspecified atom stereocenters. The van der Waals surface area contributed by atoms with Crippen LogP contribution in [0.1, 0.15) is 6.42 Å². The predicted molar refractivity (Wildman–Crippen MR) is 38.2 cm³/mol. The van der Waals surface area contributed by atoms with E-state index in [2.05, 4.69) is 16.5 Å². The number of aliphatic imine (C=N–C) groups is 1. The number of hydrogen-bond acceptors (Lipinski definition) is 3. The van der Waals surface area contributed by atoms with Crippen LogP contribution in [0, 0.1) is 0 Å². The quantitative estimate of drug-likeness (QED) is 0.407. The van der Waals surface area contributed by atoms with E-state index >= 15 is 0 Å². The van der Waals surface area contributed by atoms with Gasteiger partial charge in [0, 0.05) is 12.8 Å². The first-order valence-electron chi connectivity index (χ1n) is 3.06. The van der Waals surface area contributed by atoms with Crippen molar-refractivity contribution in [3.63, 3.8) is 0 Å². The van der Waals surface area contributed by atoms with Gasteiger partial charge in [-0.05, 0) is 12.0 Å². The topological polar surface area (TPSA) is 50.4 Å². The van der Waals surface area contributed by atoms with Crippen molar-refractivity contribution in [2.45, 2.75) is 6.42 Å². The molecule has 9 heavy (non-hydrogen) atoms. The second-order valence-corrected chi connectivity index (χ2v) is 1.98. The fraction of sp³-hybridized carbons (Fsp3) is 0.500. The molecule has 0 spiro atoms. The molecule has 1 aliphatic heterocycles. The van der Waals surface area contributed by atoms with Crippen molar-refractivity contribution in [1.82, 2.24) is 5.43 Å². The Morgan fingerprint density at radius 1 is 1.78 bits per heavy atom. The Morgan fingerprint density at radius 3 is 3.22 bits per heavy atom. The van der Waals surface area contributed by atoms with Crippen molar-refractivity contribution in [3.8, 4) is 0 Å². The summed E-state index contributed by atoms with van der Waals surface area (Å²) in [6.45, 7) is 1.68. The van der Waals surface area contributed by atoms with Crippen molar-refractivity contribution in [1.29, 1.82) is 0 Å². The molecule has 0 amide bonds. The van der Waals surface area contributed by atoms with Crippen LogP contribution in [0.4, 0.5) is 0 Å². The third kappa shape index (κ3) is 1.95. The normalized spacial score (nSPS) is 16.3. The van der Waals surface area contributed by atoms with Gasteiger partial charge in [-0.3, -0.25) is 16.3 Å². The maximum atomic E-state index is 5.08. The van der Waals surface area contributed by atoms with Gasteiger partial charge >= 0.3 is 0 Å². The first-order chi connectivity index (χ1) is 4.43. The second kappa shape index (κ2) is 3.37. The molecule has 0 atom stereocenters. The Hall–Kier alpha value is -0.670. The molecule has 1 rings (SSSR count). The van der Waals surface area contributed by atoms with E-state index in [0.717, 1.165) is 19.5 Å². The summed E-state index contributed by atoms with van der Waals surface area (Å²) in [6, 6.07) is 0. The fourth-order valence-electron chi connectivity index (χ4n) is 0.776. The Morgan fingerprint density at radius 2 is 2.67 bits per heavy atom. The molecular weight excluding hydrogens is 114 g/mol. The Bertz CT molecular complexity index is 137. The van der Waals surface area contributed by atoms with E-state index < -0.39 is 0 Å². The Balaban J connectivity index is 2.19. The van der Waals surface area contributed by atoms with Crippen LogP contribution in [-0.2, 0) is 0 Å². The lowest BCUT2D eigenvalue weighted by Gasteiger charge is -1.94. The van der Waals surface area contributed by atoms with Gasteiger partial charge in [-0.2, -0.15) is 0 Å². The fourth-order valence-corrected chi connectivity index (χ4v) is 0.776. The van der Waals surface area contributed by atoms with Crippen LogP contribution in [0.5, 0.6) is 0 Å². The molecular formula is C6H11N3. The van der Waals surface area contributed by atoms with E-state index in [1.54, 1.807) is 0 Å². The zero-order chi connectivity index (χ0) is 6.53. The molecule has 3 heteroatoms. The number of nitrogens with one attached hydrogen (secondary N) is 1. The molecule has 0 aromatic carbocycles. The average Bonchev–Trinajstić information content (AvgIpc) is 2.34. The van der Waals surface area contributed by atoms with Crippen molar-refractivity contribution in [2.24, 2.45) is 10.8 Å². The van der Waals surface area contributed by atoms with Gasteiger partial charge < -0.3 is 0 Å². The maximum Gasteiger partial charge on any atom is 0.0576 e. The van der Waals surface area contributed by atoms with Crippen molar-refractivity contribution < 1.29 is 0 Å². The summed E-state index contributed by atoms with van der Waals surface area (Å²) in [5, 5.41) is 0. The summed E-state index contributed by atoms with van der Waals surface area (Å²) in [5.41, 5.74) is 3.88. The smallest absolute Gasteiger partial charge is 0.0576 e. The molecule has 0 aromatic heterocycles. The minimum Gasteiger partial charge on any atom is -0.289 e. The Kier molecular flexibility index (Phi) is 2.42. The molecule has 3 N–H and O–H groups in total. The second-order valence-electron chi connectivity index (χ2n) is 1.98. The van der Waals surface area contributed by atoms with Crippen molar-refractivity contribution in [2.75, 3.05) is 13.1 Å². The molecule has 0 aliphatic carbocycles. The van der Waals surface area contributed by atoms with Gasteiger partial charge in [0.15, 0.2) is 0 Å².